The van der Waals surface area contributed by atoms with Crippen LogP contribution in [0.3, 0.4) is 0 Å². The Hall–Kier alpha value is -2.88. The van der Waals surface area contributed by atoms with E-state index >= 15 is 0 Å². The molecule has 0 fully saturated rings. The first-order valence-corrected chi connectivity index (χ1v) is 10.3. The number of methoxy groups -OCH3 is 3. The number of alkyl halides is 1. The second-order valence-corrected chi connectivity index (χ2v) is 7.64. The maximum absolute atomic E-state index is 13.8. The van der Waals surface area contributed by atoms with Crippen LogP contribution in [0.25, 0.3) is 0 Å². The lowest BCUT2D eigenvalue weighted by Gasteiger charge is -2.43. The maximum atomic E-state index is 13.8. The van der Waals surface area contributed by atoms with Gasteiger partial charge in [-0.05, 0) is 6.07 Å². The number of benzene rings is 2. The number of fused-ring (bicyclic) bond motifs is 4. The van der Waals surface area contributed by atoms with Crippen molar-refractivity contribution in [3.05, 3.63) is 35.4 Å². The number of Topliss-reactive ketones (excluding diaryl/α,β-unsaturated/α-hetero) is 1. The van der Waals surface area contributed by atoms with Gasteiger partial charge in [0, 0.05) is 23.8 Å². The highest BCUT2D eigenvalue weighted by atomic mass is 35.5. The lowest BCUT2D eigenvalue weighted by atomic mass is 9.77. The number of hydrogen-bond donors (Lipinski definition) is 2. The lowest BCUT2D eigenvalue weighted by molar-refractivity contribution is -0.0804. The van der Waals surface area contributed by atoms with Crippen molar-refractivity contribution in [2.75, 3.05) is 40.4 Å². The first kappa shape index (κ1) is 22.3. The fourth-order valence-corrected chi connectivity index (χ4v) is 3.90. The Morgan fingerprint density at radius 2 is 1.81 bits per heavy atom. The maximum Gasteiger partial charge on any atom is 0.210 e. The Balaban J connectivity index is 1.84. The summed E-state index contributed by atoms with van der Waals surface area (Å²) in [7, 11) is 4.38. The van der Waals surface area contributed by atoms with Crippen LogP contribution in [0.4, 0.5) is 0 Å². The highest BCUT2D eigenvalue weighted by molar-refractivity contribution is 6.18. The average molecular weight is 467 g/mol. The molecule has 2 aliphatic heterocycles. The van der Waals surface area contributed by atoms with Gasteiger partial charge in [-0.25, -0.2) is 0 Å². The first-order valence-electron chi connectivity index (χ1n) is 9.79. The molecule has 0 bridgehead atoms. The zero-order valence-electron chi connectivity index (χ0n) is 17.7. The van der Waals surface area contributed by atoms with Crippen LogP contribution in [-0.4, -0.2) is 68.6 Å². The largest absolute Gasteiger partial charge is 0.496 e. The van der Waals surface area contributed by atoms with Crippen LogP contribution in [-0.2, 0) is 5.60 Å². The highest BCUT2D eigenvalue weighted by Crippen LogP contribution is 2.51. The number of carbonyl (C=O) groups is 1. The SMILES string of the molecule is COc1cc(OCC(O)CCl)c2c(c1)O[C@@H]1COc3cc(OC)c(OC)cc3[C@]1(O)C2=O. The molecule has 3 atom stereocenters. The third-order valence-electron chi connectivity index (χ3n) is 5.48. The van der Waals surface area contributed by atoms with Gasteiger partial charge in [0.05, 0.1) is 27.2 Å². The molecule has 4 rings (SSSR count). The van der Waals surface area contributed by atoms with Gasteiger partial charge < -0.3 is 38.6 Å². The lowest BCUT2D eigenvalue weighted by Crippen LogP contribution is -2.57. The average Bonchev–Trinajstić information content (AvgIpc) is 2.82. The second-order valence-electron chi connectivity index (χ2n) is 7.33. The summed E-state index contributed by atoms with van der Waals surface area (Å²) < 4.78 is 33.3. The standard InChI is InChI=1S/C22H23ClO9/c1-27-12-4-17(30-9-11(24)8-23)20-18(5-12)32-19-10-31-14-7-16(29-3)15(28-2)6-13(14)22(19,26)21(20)25/h4-7,11,19,24,26H,8-10H2,1-3H3/t11?,19-,22-/m1/s1. The highest BCUT2D eigenvalue weighted by Gasteiger charge is 2.57. The molecule has 0 aromatic heterocycles. The summed E-state index contributed by atoms with van der Waals surface area (Å²) in [6.07, 6.45) is -1.98. The number of ketones is 1. The minimum absolute atomic E-state index is 0.0222. The van der Waals surface area contributed by atoms with Crippen molar-refractivity contribution in [1.82, 2.24) is 0 Å². The fraction of sp³-hybridized carbons (Fsp3) is 0.409. The van der Waals surface area contributed by atoms with Crippen LogP contribution < -0.4 is 28.4 Å². The molecule has 2 aromatic rings. The Morgan fingerprint density at radius 3 is 2.47 bits per heavy atom. The normalized spacial score (nSPS) is 21.8. The monoisotopic (exact) mass is 466 g/mol. The number of rotatable bonds is 7. The second kappa shape index (κ2) is 8.57. The van der Waals surface area contributed by atoms with E-state index in [1.165, 1.54) is 39.5 Å². The molecule has 0 spiro atoms. The van der Waals surface area contributed by atoms with Crippen LogP contribution in [0, 0.1) is 0 Å². The third kappa shape index (κ3) is 3.46. The number of halogens is 1. The molecule has 2 aromatic carbocycles. The zero-order valence-corrected chi connectivity index (χ0v) is 18.5. The van der Waals surface area contributed by atoms with Crippen molar-refractivity contribution in [1.29, 1.82) is 0 Å². The van der Waals surface area contributed by atoms with Crippen LogP contribution >= 0.6 is 11.6 Å². The van der Waals surface area contributed by atoms with Crippen molar-refractivity contribution in [3.8, 4) is 34.5 Å². The topological polar surface area (TPSA) is 113 Å². The van der Waals surface area contributed by atoms with Gasteiger partial charge in [0.25, 0.3) is 0 Å². The number of aliphatic hydroxyl groups is 2. The molecule has 1 unspecified atom stereocenters. The summed E-state index contributed by atoms with van der Waals surface area (Å²) in [6.45, 7) is -0.245. The minimum Gasteiger partial charge on any atom is -0.496 e. The van der Waals surface area contributed by atoms with E-state index < -0.39 is 23.6 Å². The van der Waals surface area contributed by atoms with Crippen molar-refractivity contribution in [2.45, 2.75) is 17.8 Å². The molecule has 2 aliphatic rings. The molecule has 2 N–H and O–H groups in total. The van der Waals surface area contributed by atoms with E-state index in [4.69, 9.17) is 40.0 Å². The van der Waals surface area contributed by atoms with E-state index in [0.717, 1.165) is 0 Å². The molecule has 0 saturated carbocycles. The molecule has 0 aliphatic carbocycles. The molecule has 10 heteroatoms. The van der Waals surface area contributed by atoms with E-state index in [-0.39, 0.29) is 47.5 Å². The number of hydrogen-bond acceptors (Lipinski definition) is 9. The molecular formula is C22H23ClO9. The fourth-order valence-electron chi connectivity index (χ4n) is 3.81. The predicted molar refractivity (Wildman–Crippen MR) is 113 cm³/mol. The third-order valence-corrected chi connectivity index (χ3v) is 5.84. The van der Waals surface area contributed by atoms with Crippen molar-refractivity contribution in [3.63, 3.8) is 0 Å². The molecule has 2 heterocycles. The van der Waals surface area contributed by atoms with Crippen molar-refractivity contribution in [2.24, 2.45) is 0 Å². The smallest absolute Gasteiger partial charge is 0.210 e. The van der Waals surface area contributed by atoms with Gasteiger partial charge in [0.15, 0.2) is 23.2 Å². The van der Waals surface area contributed by atoms with Gasteiger partial charge in [-0.15, -0.1) is 11.6 Å². The zero-order chi connectivity index (χ0) is 23.0. The van der Waals surface area contributed by atoms with Gasteiger partial charge in [-0.2, -0.15) is 0 Å². The summed E-state index contributed by atoms with van der Waals surface area (Å²) in [6, 6.07) is 6.06. The van der Waals surface area contributed by atoms with E-state index in [1.54, 1.807) is 6.07 Å². The summed E-state index contributed by atoms with van der Waals surface area (Å²) >= 11 is 5.65. The van der Waals surface area contributed by atoms with Gasteiger partial charge in [0.2, 0.25) is 5.78 Å². The van der Waals surface area contributed by atoms with Crippen LogP contribution in [0.5, 0.6) is 34.5 Å². The van der Waals surface area contributed by atoms with Crippen LogP contribution in [0.1, 0.15) is 15.9 Å². The van der Waals surface area contributed by atoms with E-state index in [0.29, 0.717) is 17.2 Å². The summed E-state index contributed by atoms with van der Waals surface area (Å²) in [4.78, 5) is 13.8. The molecule has 32 heavy (non-hydrogen) atoms. The molecule has 0 radical (unpaired) electrons. The molecule has 0 saturated heterocycles. The van der Waals surface area contributed by atoms with Crippen molar-refractivity contribution >= 4 is 17.4 Å². The Kier molecular flexibility index (Phi) is 5.98. The number of ether oxygens (including phenoxy) is 6. The summed E-state index contributed by atoms with van der Waals surface area (Å²) in [5.74, 6) is 0.936. The Bertz CT molecular complexity index is 1040. The molecule has 9 nitrogen and oxygen atoms in total. The van der Waals surface area contributed by atoms with Gasteiger partial charge in [-0.3, -0.25) is 4.79 Å². The summed E-state index contributed by atoms with van der Waals surface area (Å²) in [5, 5.41) is 21.5. The van der Waals surface area contributed by atoms with Crippen LogP contribution in [0.15, 0.2) is 24.3 Å². The number of carbonyl (C=O) groups excluding carboxylic acids is 1. The van der Waals surface area contributed by atoms with Gasteiger partial charge in [0.1, 0.15) is 47.9 Å². The van der Waals surface area contributed by atoms with Gasteiger partial charge >= 0.3 is 0 Å². The Morgan fingerprint density at radius 1 is 1.09 bits per heavy atom. The van der Waals surface area contributed by atoms with E-state index in [1.807, 2.05) is 0 Å². The minimum atomic E-state index is -2.07. The van der Waals surface area contributed by atoms with E-state index in [2.05, 4.69) is 0 Å². The Labute approximate surface area is 189 Å². The molecule has 172 valence electrons. The predicted octanol–water partition coefficient (Wildman–Crippen LogP) is 1.91. The first-order chi connectivity index (χ1) is 15.4. The van der Waals surface area contributed by atoms with Crippen LogP contribution in [0.2, 0.25) is 0 Å². The summed E-state index contributed by atoms with van der Waals surface area (Å²) in [5.41, 5.74) is -1.86. The van der Waals surface area contributed by atoms with Gasteiger partial charge in [-0.1, -0.05) is 0 Å². The molecular weight excluding hydrogens is 444 g/mol. The van der Waals surface area contributed by atoms with Crippen molar-refractivity contribution < 1.29 is 43.4 Å². The number of aliphatic hydroxyl groups excluding tert-OH is 1. The molecule has 0 amide bonds. The quantitative estimate of drug-likeness (QED) is 0.591. The van der Waals surface area contributed by atoms with E-state index in [9.17, 15) is 15.0 Å².